The fourth-order valence-electron chi connectivity index (χ4n) is 4.56. The summed E-state index contributed by atoms with van der Waals surface area (Å²) in [6.45, 7) is 6.55. The summed E-state index contributed by atoms with van der Waals surface area (Å²) in [6, 6.07) is 22.7. The molecule has 0 spiro atoms. The number of fused-ring (bicyclic) bond motifs is 2. The zero-order valence-electron chi connectivity index (χ0n) is 19.6. The van der Waals surface area contributed by atoms with E-state index in [9.17, 15) is 9.59 Å². The zero-order valence-corrected chi connectivity index (χ0v) is 19.6. The highest BCUT2D eigenvalue weighted by Crippen LogP contribution is 2.34. The summed E-state index contributed by atoms with van der Waals surface area (Å²) in [5.41, 5.74) is 3.93. The van der Waals surface area contributed by atoms with Gasteiger partial charge in [-0.05, 0) is 28.0 Å². The Balaban J connectivity index is 1.93. The SMILES string of the molecule is Cn1c(=O)c2c(-c3ccc(C(C)(C)C)cc3)n(-c3cccc4ccccc34)cc2n(C)c1=O. The summed E-state index contributed by atoms with van der Waals surface area (Å²) in [5.74, 6) is 0. The second-order valence-electron chi connectivity index (χ2n) is 9.64. The average Bonchev–Trinajstić information content (AvgIpc) is 3.21. The molecule has 2 heterocycles. The van der Waals surface area contributed by atoms with Crippen LogP contribution in [0.1, 0.15) is 26.3 Å². The lowest BCUT2D eigenvalue weighted by Gasteiger charge is -2.19. The van der Waals surface area contributed by atoms with Crippen LogP contribution in [-0.4, -0.2) is 13.7 Å². The Hall–Kier alpha value is -3.86. The van der Waals surface area contributed by atoms with E-state index in [1.807, 2.05) is 24.4 Å². The molecule has 5 heteroatoms. The van der Waals surface area contributed by atoms with Gasteiger partial charge in [0, 0.05) is 25.7 Å². The minimum absolute atomic E-state index is 0.0260. The van der Waals surface area contributed by atoms with Gasteiger partial charge in [0.25, 0.3) is 5.56 Å². The molecule has 0 saturated heterocycles. The van der Waals surface area contributed by atoms with Crippen molar-refractivity contribution < 1.29 is 0 Å². The van der Waals surface area contributed by atoms with Crippen LogP contribution < -0.4 is 11.2 Å². The van der Waals surface area contributed by atoms with Gasteiger partial charge < -0.3 is 4.57 Å². The first kappa shape index (κ1) is 21.0. The number of rotatable bonds is 2. The minimum Gasteiger partial charge on any atom is -0.313 e. The van der Waals surface area contributed by atoms with E-state index < -0.39 is 0 Å². The Bertz CT molecular complexity index is 1640. The number of nitrogens with zero attached hydrogens (tertiary/aromatic N) is 3. The van der Waals surface area contributed by atoms with Crippen molar-refractivity contribution >= 4 is 21.7 Å². The Morgan fingerprint density at radius 3 is 2.12 bits per heavy atom. The lowest BCUT2D eigenvalue weighted by molar-refractivity contribution is 0.590. The van der Waals surface area contributed by atoms with Crippen molar-refractivity contribution in [1.82, 2.24) is 13.7 Å². The number of hydrogen-bond donors (Lipinski definition) is 0. The molecule has 5 rings (SSSR count). The topological polar surface area (TPSA) is 48.9 Å². The normalized spacial score (nSPS) is 12.0. The Kier molecular flexibility index (Phi) is 4.67. The molecular formula is C28H27N3O2. The van der Waals surface area contributed by atoms with Crippen LogP contribution in [0, 0.1) is 0 Å². The predicted molar refractivity (Wildman–Crippen MR) is 135 cm³/mol. The largest absolute Gasteiger partial charge is 0.330 e. The molecule has 0 N–H and O–H groups in total. The summed E-state index contributed by atoms with van der Waals surface area (Å²) in [7, 11) is 3.25. The molecule has 3 aromatic carbocycles. The molecule has 0 saturated carbocycles. The molecule has 0 bridgehead atoms. The number of aromatic nitrogens is 3. The van der Waals surface area contributed by atoms with E-state index in [0.29, 0.717) is 10.9 Å². The molecule has 5 aromatic rings. The molecule has 166 valence electrons. The average molecular weight is 438 g/mol. The van der Waals surface area contributed by atoms with E-state index in [-0.39, 0.29) is 16.7 Å². The first-order chi connectivity index (χ1) is 15.7. The maximum Gasteiger partial charge on any atom is 0.330 e. The predicted octanol–water partition coefficient (Wildman–Crippen LogP) is 5.15. The Labute approximate surface area is 192 Å². The van der Waals surface area contributed by atoms with Gasteiger partial charge in [-0.2, -0.15) is 0 Å². The molecule has 0 amide bonds. The standard InChI is InChI=1S/C28H27N3O2/c1-28(2,3)20-15-13-19(14-16-20)25-24-23(29(4)27(33)30(5)26(24)32)17-31(25)22-12-8-10-18-9-6-7-11-21(18)22/h6-17H,1-5H3. The number of aryl methyl sites for hydroxylation is 1. The highest BCUT2D eigenvalue weighted by atomic mass is 16.2. The summed E-state index contributed by atoms with van der Waals surface area (Å²) in [5, 5.41) is 2.73. The molecule has 2 aromatic heterocycles. The van der Waals surface area contributed by atoms with E-state index >= 15 is 0 Å². The molecule has 0 atom stereocenters. The summed E-state index contributed by atoms with van der Waals surface area (Å²) in [6.07, 6.45) is 1.91. The van der Waals surface area contributed by atoms with Crippen molar-refractivity contribution in [2.24, 2.45) is 14.1 Å². The fourth-order valence-corrected chi connectivity index (χ4v) is 4.56. The van der Waals surface area contributed by atoms with E-state index in [0.717, 1.165) is 27.7 Å². The summed E-state index contributed by atoms with van der Waals surface area (Å²) in [4.78, 5) is 26.0. The van der Waals surface area contributed by atoms with Gasteiger partial charge >= 0.3 is 5.69 Å². The number of benzene rings is 3. The lowest BCUT2D eigenvalue weighted by Crippen LogP contribution is -2.36. The molecule has 0 aliphatic carbocycles. The summed E-state index contributed by atoms with van der Waals surface area (Å²) >= 11 is 0. The molecule has 33 heavy (non-hydrogen) atoms. The Morgan fingerprint density at radius 2 is 1.42 bits per heavy atom. The van der Waals surface area contributed by atoms with Crippen LogP contribution in [0.15, 0.2) is 82.5 Å². The van der Waals surface area contributed by atoms with Gasteiger partial charge in [-0.3, -0.25) is 13.9 Å². The van der Waals surface area contributed by atoms with Gasteiger partial charge in [0.2, 0.25) is 0 Å². The van der Waals surface area contributed by atoms with Crippen molar-refractivity contribution in [3.8, 4) is 16.9 Å². The number of hydrogen-bond acceptors (Lipinski definition) is 2. The molecule has 0 aliphatic heterocycles. The van der Waals surface area contributed by atoms with E-state index in [2.05, 4.69) is 73.9 Å². The maximum absolute atomic E-state index is 13.4. The van der Waals surface area contributed by atoms with Gasteiger partial charge in [-0.25, -0.2) is 4.79 Å². The first-order valence-electron chi connectivity index (χ1n) is 11.1. The van der Waals surface area contributed by atoms with Crippen LogP contribution in [0.2, 0.25) is 0 Å². The molecule has 0 fully saturated rings. The van der Waals surface area contributed by atoms with E-state index in [4.69, 9.17) is 0 Å². The molecule has 0 aliphatic rings. The van der Waals surface area contributed by atoms with Crippen LogP contribution in [-0.2, 0) is 19.5 Å². The highest BCUT2D eigenvalue weighted by molar-refractivity contribution is 5.98. The van der Waals surface area contributed by atoms with Crippen LogP contribution in [0.5, 0.6) is 0 Å². The summed E-state index contributed by atoms with van der Waals surface area (Å²) < 4.78 is 4.79. The van der Waals surface area contributed by atoms with Gasteiger partial charge in [0.1, 0.15) is 0 Å². The van der Waals surface area contributed by atoms with Crippen molar-refractivity contribution in [3.63, 3.8) is 0 Å². The third-order valence-electron chi connectivity index (χ3n) is 6.49. The van der Waals surface area contributed by atoms with E-state index in [1.165, 1.54) is 17.2 Å². The third-order valence-corrected chi connectivity index (χ3v) is 6.49. The van der Waals surface area contributed by atoms with Gasteiger partial charge in [0.05, 0.1) is 22.3 Å². The molecular weight excluding hydrogens is 410 g/mol. The molecule has 0 unspecified atom stereocenters. The van der Waals surface area contributed by atoms with Crippen LogP contribution >= 0.6 is 0 Å². The van der Waals surface area contributed by atoms with Crippen LogP contribution in [0.25, 0.3) is 38.6 Å². The van der Waals surface area contributed by atoms with Gasteiger partial charge in [0.15, 0.2) is 0 Å². The van der Waals surface area contributed by atoms with Crippen LogP contribution in [0.4, 0.5) is 0 Å². The van der Waals surface area contributed by atoms with Crippen molar-refractivity contribution in [2.75, 3.05) is 0 Å². The van der Waals surface area contributed by atoms with Gasteiger partial charge in [-0.15, -0.1) is 0 Å². The smallest absolute Gasteiger partial charge is 0.313 e. The fraction of sp³-hybridized carbons (Fsp3) is 0.214. The molecule has 5 nitrogen and oxygen atoms in total. The monoisotopic (exact) mass is 437 g/mol. The maximum atomic E-state index is 13.4. The zero-order chi connectivity index (χ0) is 23.5. The second kappa shape index (κ2) is 7.34. The van der Waals surface area contributed by atoms with Crippen molar-refractivity contribution in [3.05, 3.63) is 99.3 Å². The lowest BCUT2D eigenvalue weighted by atomic mass is 9.86. The van der Waals surface area contributed by atoms with Crippen LogP contribution in [0.3, 0.4) is 0 Å². The molecule has 0 radical (unpaired) electrons. The highest BCUT2D eigenvalue weighted by Gasteiger charge is 2.22. The Morgan fingerprint density at radius 1 is 0.758 bits per heavy atom. The van der Waals surface area contributed by atoms with Crippen molar-refractivity contribution in [1.29, 1.82) is 0 Å². The van der Waals surface area contributed by atoms with Crippen molar-refractivity contribution in [2.45, 2.75) is 26.2 Å². The quantitative estimate of drug-likeness (QED) is 0.384. The second-order valence-corrected chi connectivity index (χ2v) is 9.64. The van der Waals surface area contributed by atoms with E-state index in [1.54, 1.807) is 11.6 Å². The third kappa shape index (κ3) is 3.23. The van der Waals surface area contributed by atoms with Gasteiger partial charge in [-0.1, -0.05) is 81.4 Å². The first-order valence-corrected chi connectivity index (χ1v) is 11.1. The minimum atomic E-state index is -0.336.